The second-order valence-corrected chi connectivity index (χ2v) is 11.6. The predicted molar refractivity (Wildman–Crippen MR) is 165 cm³/mol. The standard InChI is InChI=1S/C33H38O15/c1-14(34)6-5-9-43-21-8-7-17(10-23(21)42-4)22-13-20(36)25-19(35)11-18(12-24(25)47-22)46-33-31(29(40)27(38)16(3)45-33)48-32-30(41)28(39)26(37)15(2)44-32/h5,7-13,15-16,26-33,35,37-41H,6H2,1-4H3/b9-5-/t15-,16-,26-,27-,28+,29+,30+,31+,32+,33+/m1/s1. The van der Waals surface area contributed by atoms with Crippen LogP contribution >= 0.6 is 0 Å². The van der Waals surface area contributed by atoms with Gasteiger partial charge in [-0.2, -0.15) is 0 Å². The fraction of sp³-hybridized carbons (Fsp3) is 0.455. The maximum absolute atomic E-state index is 13.1. The number of allylic oxidation sites excluding steroid dienone is 1. The normalized spacial score (nSPS) is 30.8. The van der Waals surface area contributed by atoms with Gasteiger partial charge in [0.1, 0.15) is 64.5 Å². The van der Waals surface area contributed by atoms with Crippen molar-refractivity contribution < 1.29 is 68.3 Å². The predicted octanol–water partition coefficient (Wildman–Crippen LogP) is 1.10. The topological polar surface area (TPSA) is 224 Å². The lowest BCUT2D eigenvalue weighted by atomic mass is 9.98. The van der Waals surface area contributed by atoms with E-state index in [1.54, 1.807) is 24.3 Å². The van der Waals surface area contributed by atoms with Crippen molar-refractivity contribution in [3.05, 3.63) is 59.0 Å². The first kappa shape index (κ1) is 35.3. The number of methoxy groups -OCH3 is 1. The van der Waals surface area contributed by atoms with E-state index in [-0.39, 0.29) is 34.7 Å². The number of aliphatic hydroxyl groups is 5. The van der Waals surface area contributed by atoms with Crippen LogP contribution in [0.3, 0.4) is 0 Å². The monoisotopic (exact) mass is 674 g/mol. The van der Waals surface area contributed by atoms with E-state index in [2.05, 4.69) is 0 Å². The van der Waals surface area contributed by atoms with E-state index in [9.17, 15) is 40.2 Å². The number of benzene rings is 2. The first-order valence-corrected chi connectivity index (χ1v) is 15.1. The SMILES string of the molecule is COc1cc(-c2cc(=O)c3c(O)cc(O[C@@H]4O[C@H](C)[C@@H](O)[C@H](O)[C@@H]4O[C@@H]4O[C@H](C)[C@@H](O)[C@H](O)[C@@H]4O)cc3o2)ccc1O/C=C\CC(C)=O. The summed E-state index contributed by atoms with van der Waals surface area (Å²) in [5, 5.41) is 62.8. The third kappa shape index (κ3) is 7.33. The molecule has 0 bridgehead atoms. The average molecular weight is 675 g/mol. The molecule has 3 heterocycles. The summed E-state index contributed by atoms with van der Waals surface area (Å²) in [4.78, 5) is 24.3. The van der Waals surface area contributed by atoms with Gasteiger partial charge < -0.3 is 63.5 Å². The number of rotatable bonds is 10. The van der Waals surface area contributed by atoms with E-state index < -0.39 is 72.6 Å². The summed E-state index contributed by atoms with van der Waals surface area (Å²) in [5.74, 6) is 0.166. The van der Waals surface area contributed by atoms with Crippen molar-refractivity contribution >= 4 is 16.8 Å². The van der Waals surface area contributed by atoms with Crippen molar-refractivity contribution in [2.75, 3.05) is 7.11 Å². The lowest BCUT2D eigenvalue weighted by Gasteiger charge is -2.45. The van der Waals surface area contributed by atoms with Crippen molar-refractivity contribution in [1.29, 1.82) is 0 Å². The second-order valence-electron chi connectivity index (χ2n) is 11.6. The number of hydrogen-bond donors (Lipinski definition) is 6. The number of aromatic hydroxyl groups is 1. The minimum atomic E-state index is -1.72. The zero-order valence-corrected chi connectivity index (χ0v) is 26.5. The quantitative estimate of drug-likeness (QED) is 0.166. The Morgan fingerprint density at radius 3 is 2.25 bits per heavy atom. The molecule has 0 amide bonds. The summed E-state index contributed by atoms with van der Waals surface area (Å²) < 4.78 is 39.9. The first-order valence-electron chi connectivity index (χ1n) is 15.1. The van der Waals surface area contributed by atoms with E-state index in [0.717, 1.165) is 6.07 Å². The summed E-state index contributed by atoms with van der Waals surface area (Å²) >= 11 is 0. The highest BCUT2D eigenvalue weighted by molar-refractivity contribution is 5.86. The Labute approximate surface area is 274 Å². The number of ketones is 1. The fourth-order valence-corrected chi connectivity index (χ4v) is 5.36. The number of phenols is 1. The number of phenolic OH excluding ortho intramolecular Hbond substituents is 1. The molecule has 2 aliphatic rings. The molecular formula is C33H38O15. The molecule has 0 unspecified atom stereocenters. The van der Waals surface area contributed by atoms with Gasteiger partial charge in [-0.25, -0.2) is 0 Å². The van der Waals surface area contributed by atoms with E-state index >= 15 is 0 Å². The lowest BCUT2D eigenvalue weighted by Crippen LogP contribution is -2.63. The maximum Gasteiger partial charge on any atom is 0.229 e. The summed E-state index contributed by atoms with van der Waals surface area (Å²) in [6.07, 6.45) is -11.1. The molecule has 2 aliphatic heterocycles. The number of fused-ring (bicyclic) bond motifs is 1. The third-order valence-corrected chi connectivity index (χ3v) is 8.06. The van der Waals surface area contributed by atoms with E-state index in [1.165, 1.54) is 46.3 Å². The van der Waals surface area contributed by atoms with Gasteiger partial charge in [0, 0.05) is 30.2 Å². The molecule has 15 nitrogen and oxygen atoms in total. The van der Waals surface area contributed by atoms with E-state index in [0.29, 0.717) is 17.1 Å². The Balaban J connectivity index is 1.43. The summed E-state index contributed by atoms with van der Waals surface area (Å²) in [5.41, 5.74) is -0.209. The first-order chi connectivity index (χ1) is 22.8. The van der Waals surface area contributed by atoms with Gasteiger partial charge in [-0.3, -0.25) is 9.59 Å². The molecule has 15 heteroatoms. The minimum absolute atomic E-state index is 0.0285. The largest absolute Gasteiger partial charge is 0.507 e. The summed E-state index contributed by atoms with van der Waals surface area (Å²) in [6.45, 7) is 4.38. The van der Waals surface area contributed by atoms with Crippen molar-refractivity contribution in [1.82, 2.24) is 0 Å². The van der Waals surface area contributed by atoms with Gasteiger partial charge >= 0.3 is 0 Å². The number of aliphatic hydroxyl groups excluding tert-OH is 5. The Bertz CT molecular complexity index is 1700. The number of hydrogen-bond acceptors (Lipinski definition) is 15. The highest BCUT2D eigenvalue weighted by atomic mass is 16.8. The van der Waals surface area contributed by atoms with E-state index in [4.69, 9.17) is 32.8 Å². The Hall–Kier alpha value is -4.06. The molecule has 260 valence electrons. The Kier molecular flexibility index (Phi) is 10.7. The molecule has 1 aromatic heterocycles. The van der Waals surface area contributed by atoms with Gasteiger partial charge in [-0.05, 0) is 45.0 Å². The molecule has 0 aliphatic carbocycles. The van der Waals surface area contributed by atoms with Gasteiger partial charge in [0.05, 0.1) is 25.6 Å². The number of ether oxygens (including phenoxy) is 6. The molecule has 2 fully saturated rings. The van der Waals surface area contributed by atoms with Crippen LogP contribution in [-0.2, 0) is 19.0 Å². The van der Waals surface area contributed by atoms with Crippen LogP contribution < -0.4 is 19.6 Å². The molecule has 3 aromatic rings. The van der Waals surface area contributed by atoms with Crippen LogP contribution in [0.1, 0.15) is 27.2 Å². The Morgan fingerprint density at radius 2 is 1.56 bits per heavy atom. The maximum atomic E-state index is 13.1. The van der Waals surface area contributed by atoms with Crippen LogP contribution in [0, 0.1) is 0 Å². The summed E-state index contributed by atoms with van der Waals surface area (Å²) in [7, 11) is 1.43. The van der Waals surface area contributed by atoms with Crippen molar-refractivity contribution in [3.63, 3.8) is 0 Å². The zero-order valence-electron chi connectivity index (χ0n) is 26.5. The van der Waals surface area contributed by atoms with Crippen LogP contribution in [0.25, 0.3) is 22.3 Å². The minimum Gasteiger partial charge on any atom is -0.507 e. The fourth-order valence-electron chi connectivity index (χ4n) is 5.36. The van der Waals surface area contributed by atoms with Crippen molar-refractivity contribution in [2.24, 2.45) is 0 Å². The van der Waals surface area contributed by atoms with Crippen LogP contribution in [0.15, 0.2) is 57.9 Å². The van der Waals surface area contributed by atoms with Crippen LogP contribution in [0.5, 0.6) is 23.0 Å². The van der Waals surface area contributed by atoms with Gasteiger partial charge in [0.25, 0.3) is 0 Å². The summed E-state index contributed by atoms with van der Waals surface area (Å²) in [6, 6.07) is 8.41. The van der Waals surface area contributed by atoms with Crippen molar-refractivity contribution in [2.45, 2.75) is 88.6 Å². The highest BCUT2D eigenvalue weighted by Gasteiger charge is 2.50. The molecule has 0 radical (unpaired) electrons. The van der Waals surface area contributed by atoms with Gasteiger partial charge in [0.15, 0.2) is 29.3 Å². The van der Waals surface area contributed by atoms with Gasteiger partial charge in [-0.15, -0.1) is 0 Å². The molecule has 5 rings (SSSR count). The smallest absolute Gasteiger partial charge is 0.229 e. The molecule has 0 spiro atoms. The zero-order chi connectivity index (χ0) is 34.9. The lowest BCUT2D eigenvalue weighted by molar-refractivity contribution is -0.352. The van der Waals surface area contributed by atoms with Gasteiger partial charge in [-0.1, -0.05) is 0 Å². The molecule has 2 saturated heterocycles. The Morgan fingerprint density at radius 1 is 0.875 bits per heavy atom. The van der Waals surface area contributed by atoms with E-state index in [1.807, 2.05) is 0 Å². The van der Waals surface area contributed by atoms with Crippen molar-refractivity contribution in [3.8, 4) is 34.3 Å². The van der Waals surface area contributed by atoms with Crippen LogP contribution in [0.2, 0.25) is 0 Å². The number of Topliss-reactive ketones (excluding diaryl/α,β-unsaturated/α-hetero) is 1. The second kappa shape index (κ2) is 14.6. The van der Waals surface area contributed by atoms with Gasteiger partial charge in [0.2, 0.25) is 6.29 Å². The van der Waals surface area contributed by atoms with Crippen LogP contribution in [-0.4, -0.2) is 105 Å². The molecule has 6 N–H and O–H groups in total. The molecule has 48 heavy (non-hydrogen) atoms. The molecule has 0 saturated carbocycles. The number of carbonyl (C=O) groups is 1. The molecule has 2 aromatic carbocycles. The molecule has 10 atom stereocenters. The highest BCUT2D eigenvalue weighted by Crippen LogP contribution is 2.37. The molecular weight excluding hydrogens is 636 g/mol. The average Bonchev–Trinajstić information content (AvgIpc) is 3.04. The number of carbonyl (C=O) groups excluding carboxylic acids is 1. The third-order valence-electron chi connectivity index (χ3n) is 8.06. The van der Waals surface area contributed by atoms with Crippen LogP contribution in [0.4, 0.5) is 0 Å².